The van der Waals surface area contributed by atoms with Crippen LogP contribution < -0.4 is 0 Å². The number of carbonyl (C=O) groups is 2. The Morgan fingerprint density at radius 2 is 1.46 bits per heavy atom. The molecule has 0 unspecified atom stereocenters. The fourth-order valence-corrected chi connectivity index (χ4v) is 2.91. The van der Waals surface area contributed by atoms with Gasteiger partial charge in [-0.05, 0) is 44.3 Å². The number of rotatable bonds is 7. The Kier molecular flexibility index (Phi) is 9.82. The predicted molar refractivity (Wildman–Crippen MR) is 104 cm³/mol. The molecule has 0 aliphatic heterocycles. The van der Waals surface area contributed by atoms with Gasteiger partial charge in [0, 0.05) is 28.5 Å². The van der Waals surface area contributed by atoms with E-state index in [9.17, 15) is 9.59 Å². The Morgan fingerprint density at radius 1 is 0.923 bits per heavy atom. The maximum absolute atomic E-state index is 9.55. The summed E-state index contributed by atoms with van der Waals surface area (Å²) in [4.78, 5) is 24.0. The molecule has 0 atom stereocenters. The van der Waals surface area contributed by atoms with Crippen molar-refractivity contribution in [3.63, 3.8) is 0 Å². The van der Waals surface area contributed by atoms with E-state index >= 15 is 0 Å². The average Bonchev–Trinajstić information content (AvgIpc) is 2.60. The van der Waals surface area contributed by atoms with Gasteiger partial charge < -0.3 is 15.1 Å². The molecule has 0 aromatic heterocycles. The molecule has 0 radical (unpaired) electrons. The van der Waals surface area contributed by atoms with Gasteiger partial charge in [0.25, 0.3) is 0 Å². The van der Waals surface area contributed by atoms with E-state index in [1.165, 1.54) is 15.4 Å². The Labute approximate surface area is 158 Å². The maximum Gasteiger partial charge on any atom is 0.328 e. The van der Waals surface area contributed by atoms with Crippen LogP contribution >= 0.6 is 11.8 Å². The molecular weight excluding hydrogens is 350 g/mol. The number of carboxylic acids is 2. The molecule has 0 aliphatic rings. The highest BCUT2D eigenvalue weighted by atomic mass is 32.2. The zero-order valence-electron chi connectivity index (χ0n) is 14.8. The van der Waals surface area contributed by atoms with Crippen molar-refractivity contribution in [2.24, 2.45) is 0 Å². The molecule has 0 aliphatic carbocycles. The topological polar surface area (TPSA) is 77.8 Å². The fourth-order valence-electron chi connectivity index (χ4n) is 1.91. The highest BCUT2D eigenvalue weighted by Crippen LogP contribution is 2.30. The number of hydrogen-bond donors (Lipinski definition) is 2. The number of benzene rings is 2. The lowest BCUT2D eigenvalue weighted by molar-refractivity contribution is -0.134. The van der Waals surface area contributed by atoms with Gasteiger partial charge >= 0.3 is 11.9 Å². The van der Waals surface area contributed by atoms with Gasteiger partial charge in [0.05, 0.1) is 0 Å². The first-order valence-electron chi connectivity index (χ1n) is 7.98. The summed E-state index contributed by atoms with van der Waals surface area (Å²) in [6, 6.07) is 19.2. The molecule has 138 valence electrons. The smallest absolute Gasteiger partial charge is 0.328 e. The molecule has 0 fully saturated rings. The Bertz CT molecular complexity index is 714. The van der Waals surface area contributed by atoms with Crippen molar-refractivity contribution in [1.29, 1.82) is 0 Å². The second-order valence-electron chi connectivity index (χ2n) is 5.59. The standard InChI is InChI=1S/C16H19NS.C4H4O4/c1-17(2)13-12-14-8-6-7-11-16(14)18-15-9-4-3-5-10-15;5-3(6)1-2-4(7)8/h3-11H,12-13H2,1-2H3;1-2H,(H,5,6)(H,7,8)/b;2-1+. The average molecular weight is 373 g/mol. The molecular formula is C20H23NO4S. The SMILES string of the molecule is CN(C)CCc1ccccc1Sc1ccccc1.O=C(O)/C=C/C(=O)O. The number of hydrogen-bond acceptors (Lipinski definition) is 4. The van der Waals surface area contributed by atoms with E-state index in [4.69, 9.17) is 10.2 Å². The Balaban J connectivity index is 0.000000359. The number of aliphatic carboxylic acids is 2. The summed E-state index contributed by atoms with van der Waals surface area (Å²) >= 11 is 1.85. The summed E-state index contributed by atoms with van der Waals surface area (Å²) in [5, 5.41) is 15.6. The van der Waals surface area contributed by atoms with Crippen molar-refractivity contribution in [1.82, 2.24) is 4.90 Å². The normalized spacial score (nSPS) is 10.4. The van der Waals surface area contributed by atoms with Crippen LogP contribution in [0.1, 0.15) is 5.56 Å². The molecule has 0 saturated carbocycles. The van der Waals surface area contributed by atoms with E-state index in [2.05, 4.69) is 73.6 Å². The van der Waals surface area contributed by atoms with E-state index in [-0.39, 0.29) is 0 Å². The van der Waals surface area contributed by atoms with Gasteiger partial charge in [-0.25, -0.2) is 9.59 Å². The van der Waals surface area contributed by atoms with Crippen LogP contribution in [-0.4, -0.2) is 47.7 Å². The van der Waals surface area contributed by atoms with Crippen molar-refractivity contribution in [2.45, 2.75) is 16.2 Å². The second-order valence-corrected chi connectivity index (χ2v) is 6.70. The van der Waals surface area contributed by atoms with Gasteiger partial charge in [-0.15, -0.1) is 0 Å². The van der Waals surface area contributed by atoms with Crippen LogP contribution in [0.5, 0.6) is 0 Å². The van der Waals surface area contributed by atoms with Crippen LogP contribution in [0, 0.1) is 0 Å². The van der Waals surface area contributed by atoms with E-state index in [1.807, 2.05) is 11.8 Å². The lowest BCUT2D eigenvalue weighted by Gasteiger charge is -2.12. The van der Waals surface area contributed by atoms with Crippen molar-refractivity contribution in [2.75, 3.05) is 20.6 Å². The summed E-state index contributed by atoms with van der Waals surface area (Å²) in [6.45, 7) is 1.09. The molecule has 0 amide bonds. The zero-order valence-corrected chi connectivity index (χ0v) is 15.6. The molecule has 6 heteroatoms. The van der Waals surface area contributed by atoms with Crippen LogP contribution in [0.25, 0.3) is 0 Å². The van der Waals surface area contributed by atoms with E-state index in [0.717, 1.165) is 13.0 Å². The number of carboxylic acid groups (broad SMARTS) is 2. The molecule has 2 aromatic rings. The molecule has 5 nitrogen and oxygen atoms in total. The predicted octanol–water partition coefficient (Wildman–Crippen LogP) is 3.65. The minimum Gasteiger partial charge on any atom is -0.478 e. The van der Waals surface area contributed by atoms with Crippen LogP contribution in [0.15, 0.2) is 76.5 Å². The second kappa shape index (κ2) is 11.9. The monoisotopic (exact) mass is 373 g/mol. The molecule has 2 aromatic carbocycles. The zero-order chi connectivity index (χ0) is 19.4. The maximum atomic E-state index is 9.55. The van der Waals surface area contributed by atoms with E-state index in [0.29, 0.717) is 12.2 Å². The fraction of sp³-hybridized carbons (Fsp3) is 0.200. The van der Waals surface area contributed by atoms with Gasteiger partial charge in [-0.3, -0.25) is 0 Å². The minimum atomic E-state index is -1.26. The molecule has 0 saturated heterocycles. The minimum absolute atomic E-state index is 0.558. The van der Waals surface area contributed by atoms with Gasteiger partial charge in [0.15, 0.2) is 0 Å². The van der Waals surface area contributed by atoms with Gasteiger partial charge in [-0.1, -0.05) is 48.2 Å². The highest BCUT2D eigenvalue weighted by molar-refractivity contribution is 7.99. The first-order valence-corrected chi connectivity index (χ1v) is 8.79. The van der Waals surface area contributed by atoms with Crippen molar-refractivity contribution < 1.29 is 19.8 Å². The Morgan fingerprint density at radius 3 is 2.00 bits per heavy atom. The summed E-state index contributed by atoms with van der Waals surface area (Å²) in [5.41, 5.74) is 1.43. The highest BCUT2D eigenvalue weighted by Gasteiger charge is 2.04. The molecule has 2 N–H and O–H groups in total. The van der Waals surface area contributed by atoms with Crippen LogP contribution in [0.3, 0.4) is 0 Å². The first kappa shape index (κ1) is 21.5. The third-order valence-corrected chi connectivity index (χ3v) is 4.27. The summed E-state index contributed by atoms with van der Waals surface area (Å²) in [6.07, 6.45) is 2.22. The lowest BCUT2D eigenvalue weighted by Crippen LogP contribution is -2.15. The summed E-state index contributed by atoms with van der Waals surface area (Å²) in [7, 11) is 4.24. The lowest BCUT2D eigenvalue weighted by atomic mass is 10.1. The first-order chi connectivity index (χ1) is 12.4. The van der Waals surface area contributed by atoms with Gasteiger partial charge in [-0.2, -0.15) is 0 Å². The van der Waals surface area contributed by atoms with Crippen molar-refractivity contribution >= 4 is 23.7 Å². The largest absolute Gasteiger partial charge is 0.478 e. The summed E-state index contributed by atoms with van der Waals surface area (Å²) in [5.74, 6) is -2.51. The quantitative estimate of drug-likeness (QED) is 0.722. The third-order valence-electron chi connectivity index (χ3n) is 3.14. The number of nitrogens with zero attached hydrogens (tertiary/aromatic N) is 1. The number of likely N-dealkylation sites (N-methyl/N-ethyl adjacent to an activating group) is 1. The summed E-state index contributed by atoms with van der Waals surface area (Å²) < 4.78 is 0. The third kappa shape index (κ3) is 9.66. The van der Waals surface area contributed by atoms with E-state index in [1.54, 1.807) is 0 Å². The molecule has 0 heterocycles. The van der Waals surface area contributed by atoms with Gasteiger partial charge in [0.1, 0.15) is 0 Å². The van der Waals surface area contributed by atoms with Crippen LogP contribution in [0.2, 0.25) is 0 Å². The van der Waals surface area contributed by atoms with Gasteiger partial charge in [0.2, 0.25) is 0 Å². The van der Waals surface area contributed by atoms with Crippen molar-refractivity contribution in [3.05, 3.63) is 72.3 Å². The molecule has 0 spiro atoms. The van der Waals surface area contributed by atoms with E-state index < -0.39 is 11.9 Å². The molecule has 26 heavy (non-hydrogen) atoms. The van der Waals surface area contributed by atoms with Crippen LogP contribution in [0.4, 0.5) is 0 Å². The molecule has 2 rings (SSSR count). The molecule has 0 bridgehead atoms. The van der Waals surface area contributed by atoms with Crippen molar-refractivity contribution in [3.8, 4) is 0 Å². The van der Waals surface area contributed by atoms with Crippen LogP contribution in [-0.2, 0) is 16.0 Å². The Hall–Kier alpha value is -2.57.